The molecule has 1 aromatic carbocycles. The van der Waals surface area contributed by atoms with Gasteiger partial charge in [-0.15, -0.1) is 0 Å². The third-order valence-corrected chi connectivity index (χ3v) is 4.71. The Morgan fingerprint density at radius 1 is 1.25 bits per heavy atom. The first-order valence-corrected chi connectivity index (χ1v) is 9.00. The second kappa shape index (κ2) is 7.77. The van der Waals surface area contributed by atoms with Crippen LogP contribution < -0.4 is 0 Å². The molecule has 1 fully saturated rings. The summed E-state index contributed by atoms with van der Waals surface area (Å²) in [5, 5.41) is 0.661. The molecular weight excluding hydrogens is 322 g/mol. The number of thioether (sulfide) groups is 1. The quantitative estimate of drug-likeness (QED) is 0.631. The number of aromatic nitrogens is 2. The van der Waals surface area contributed by atoms with E-state index in [1.807, 2.05) is 55.1 Å². The molecule has 0 saturated carbocycles. The Hall–Kier alpha value is -1.92. The van der Waals surface area contributed by atoms with Crippen LogP contribution in [0.5, 0.6) is 0 Å². The fraction of sp³-hybridized carbons (Fsp3) is 0.389. The Balaban J connectivity index is 1.58. The van der Waals surface area contributed by atoms with Crippen LogP contribution in [0.4, 0.5) is 0 Å². The van der Waals surface area contributed by atoms with Crippen molar-refractivity contribution in [2.24, 2.45) is 0 Å². The summed E-state index contributed by atoms with van der Waals surface area (Å²) >= 11 is 1.39. The molecule has 1 amide bonds. The Morgan fingerprint density at radius 2 is 1.96 bits per heavy atom. The number of amides is 1. The van der Waals surface area contributed by atoms with E-state index in [-0.39, 0.29) is 12.0 Å². The predicted octanol–water partition coefficient (Wildman–Crippen LogP) is 2.79. The van der Waals surface area contributed by atoms with Crippen molar-refractivity contribution >= 4 is 17.7 Å². The molecule has 126 valence electrons. The fourth-order valence-electron chi connectivity index (χ4n) is 2.72. The summed E-state index contributed by atoms with van der Waals surface area (Å²) in [5.74, 6) is 0.455. The van der Waals surface area contributed by atoms with Crippen molar-refractivity contribution in [1.29, 1.82) is 0 Å². The highest BCUT2D eigenvalue weighted by atomic mass is 32.2. The van der Waals surface area contributed by atoms with Crippen LogP contribution in [0.15, 0.2) is 41.6 Å². The molecule has 5 nitrogen and oxygen atoms in total. The average Bonchev–Trinajstić information content (AvgIpc) is 2.60. The van der Waals surface area contributed by atoms with Crippen LogP contribution >= 0.6 is 11.8 Å². The third kappa shape index (κ3) is 4.33. The number of rotatable bonds is 4. The van der Waals surface area contributed by atoms with Crippen molar-refractivity contribution in [2.75, 3.05) is 25.4 Å². The minimum absolute atomic E-state index is 0.0497. The largest absolute Gasteiger partial charge is 0.370 e. The summed E-state index contributed by atoms with van der Waals surface area (Å²) in [5.41, 5.74) is 2.96. The van der Waals surface area contributed by atoms with E-state index in [1.165, 1.54) is 11.8 Å². The van der Waals surface area contributed by atoms with Gasteiger partial charge in [0.1, 0.15) is 6.10 Å². The van der Waals surface area contributed by atoms with Crippen molar-refractivity contribution in [1.82, 2.24) is 14.9 Å². The first-order chi connectivity index (χ1) is 11.6. The lowest BCUT2D eigenvalue weighted by molar-refractivity contribution is -0.136. The predicted molar refractivity (Wildman–Crippen MR) is 93.9 cm³/mol. The SMILES string of the molecule is Cc1cc(C)nc(SCC(=O)N2CCOC(c3ccccc3)C2)n1. The Labute approximate surface area is 146 Å². The molecule has 0 bridgehead atoms. The van der Waals surface area contributed by atoms with Crippen LogP contribution in [0.2, 0.25) is 0 Å². The highest BCUT2D eigenvalue weighted by Crippen LogP contribution is 2.23. The maximum absolute atomic E-state index is 12.5. The number of ether oxygens (including phenoxy) is 1. The number of carbonyl (C=O) groups is 1. The van der Waals surface area contributed by atoms with E-state index in [9.17, 15) is 4.79 Å². The van der Waals surface area contributed by atoms with Gasteiger partial charge in [-0.25, -0.2) is 9.97 Å². The molecule has 1 aliphatic rings. The van der Waals surface area contributed by atoms with E-state index < -0.39 is 0 Å². The summed E-state index contributed by atoms with van der Waals surface area (Å²) in [6.45, 7) is 5.67. The van der Waals surface area contributed by atoms with Crippen LogP contribution in [0.1, 0.15) is 23.1 Å². The van der Waals surface area contributed by atoms with Crippen molar-refractivity contribution < 1.29 is 9.53 Å². The summed E-state index contributed by atoms with van der Waals surface area (Å²) in [4.78, 5) is 23.1. The van der Waals surface area contributed by atoms with E-state index in [4.69, 9.17) is 4.74 Å². The van der Waals surface area contributed by atoms with Crippen molar-refractivity contribution in [3.63, 3.8) is 0 Å². The number of carbonyl (C=O) groups excluding carboxylic acids is 1. The van der Waals surface area contributed by atoms with Gasteiger partial charge in [0.15, 0.2) is 5.16 Å². The molecule has 2 heterocycles. The van der Waals surface area contributed by atoms with Crippen LogP contribution in [0.3, 0.4) is 0 Å². The Kier molecular flexibility index (Phi) is 5.48. The van der Waals surface area contributed by atoms with Gasteiger partial charge in [0.2, 0.25) is 5.91 Å². The fourth-order valence-corrected chi connectivity index (χ4v) is 3.57. The van der Waals surface area contributed by atoms with Crippen molar-refractivity contribution in [3.05, 3.63) is 53.3 Å². The zero-order valence-electron chi connectivity index (χ0n) is 13.9. The first-order valence-electron chi connectivity index (χ1n) is 8.01. The van der Waals surface area contributed by atoms with Crippen molar-refractivity contribution in [3.8, 4) is 0 Å². The van der Waals surface area contributed by atoms with Gasteiger partial charge in [-0.3, -0.25) is 4.79 Å². The molecule has 0 spiro atoms. The maximum Gasteiger partial charge on any atom is 0.233 e. The molecule has 6 heteroatoms. The highest BCUT2D eigenvalue weighted by Gasteiger charge is 2.25. The molecule has 1 aliphatic heterocycles. The lowest BCUT2D eigenvalue weighted by atomic mass is 10.1. The minimum Gasteiger partial charge on any atom is -0.370 e. The molecule has 0 aliphatic carbocycles. The van der Waals surface area contributed by atoms with Crippen LogP contribution in [0.25, 0.3) is 0 Å². The van der Waals surface area contributed by atoms with Gasteiger partial charge < -0.3 is 9.64 Å². The van der Waals surface area contributed by atoms with Gasteiger partial charge >= 0.3 is 0 Å². The number of hydrogen-bond acceptors (Lipinski definition) is 5. The standard InChI is InChI=1S/C18H21N3O2S/c1-13-10-14(2)20-18(19-13)24-12-17(22)21-8-9-23-16(11-21)15-6-4-3-5-7-15/h3-7,10,16H,8-9,11-12H2,1-2H3. The Bertz CT molecular complexity index is 688. The zero-order valence-corrected chi connectivity index (χ0v) is 14.8. The molecule has 2 aromatic rings. The molecule has 1 unspecified atom stereocenters. The van der Waals surface area contributed by atoms with Crippen LogP contribution in [0, 0.1) is 13.8 Å². The van der Waals surface area contributed by atoms with E-state index >= 15 is 0 Å². The number of morpholine rings is 1. The number of hydrogen-bond donors (Lipinski definition) is 0. The first kappa shape index (κ1) is 16.9. The molecular formula is C18H21N3O2S. The Morgan fingerprint density at radius 3 is 2.67 bits per heavy atom. The van der Waals surface area contributed by atoms with E-state index in [0.29, 0.717) is 30.6 Å². The molecule has 0 radical (unpaired) electrons. The lowest BCUT2D eigenvalue weighted by Gasteiger charge is -2.33. The molecule has 1 saturated heterocycles. The van der Waals surface area contributed by atoms with E-state index in [1.54, 1.807) is 0 Å². The lowest BCUT2D eigenvalue weighted by Crippen LogP contribution is -2.43. The zero-order chi connectivity index (χ0) is 16.9. The second-order valence-electron chi connectivity index (χ2n) is 5.83. The maximum atomic E-state index is 12.5. The minimum atomic E-state index is -0.0497. The third-order valence-electron chi connectivity index (χ3n) is 3.88. The number of aryl methyl sites for hydroxylation is 2. The summed E-state index contributed by atoms with van der Waals surface area (Å²) in [6.07, 6.45) is -0.0497. The summed E-state index contributed by atoms with van der Waals surface area (Å²) < 4.78 is 5.81. The topological polar surface area (TPSA) is 55.3 Å². The monoisotopic (exact) mass is 343 g/mol. The van der Waals surface area contributed by atoms with Crippen LogP contribution in [-0.2, 0) is 9.53 Å². The molecule has 3 rings (SSSR count). The summed E-state index contributed by atoms with van der Waals surface area (Å²) in [6, 6.07) is 12.0. The highest BCUT2D eigenvalue weighted by molar-refractivity contribution is 7.99. The smallest absolute Gasteiger partial charge is 0.233 e. The second-order valence-corrected chi connectivity index (χ2v) is 6.77. The van der Waals surface area contributed by atoms with Gasteiger partial charge in [-0.05, 0) is 25.5 Å². The normalized spacial score (nSPS) is 17.8. The van der Waals surface area contributed by atoms with Gasteiger partial charge in [0, 0.05) is 17.9 Å². The summed E-state index contributed by atoms with van der Waals surface area (Å²) in [7, 11) is 0. The number of nitrogens with zero attached hydrogens (tertiary/aromatic N) is 3. The van der Waals surface area contributed by atoms with E-state index in [2.05, 4.69) is 9.97 Å². The van der Waals surface area contributed by atoms with Gasteiger partial charge in [-0.2, -0.15) is 0 Å². The average molecular weight is 343 g/mol. The van der Waals surface area contributed by atoms with Gasteiger partial charge in [0.05, 0.1) is 18.9 Å². The van der Waals surface area contributed by atoms with Crippen molar-refractivity contribution in [2.45, 2.75) is 25.1 Å². The van der Waals surface area contributed by atoms with E-state index in [0.717, 1.165) is 17.0 Å². The molecule has 1 aromatic heterocycles. The van der Waals surface area contributed by atoms with Crippen LogP contribution in [-0.4, -0.2) is 46.2 Å². The van der Waals surface area contributed by atoms with Gasteiger partial charge in [0.25, 0.3) is 0 Å². The number of benzene rings is 1. The molecule has 0 N–H and O–H groups in total. The van der Waals surface area contributed by atoms with Gasteiger partial charge in [-0.1, -0.05) is 42.1 Å². The molecule has 24 heavy (non-hydrogen) atoms. The molecule has 1 atom stereocenters.